The van der Waals surface area contributed by atoms with Gasteiger partial charge in [0.25, 0.3) is 0 Å². The number of aromatic amines is 1. The molecule has 0 amide bonds. The summed E-state index contributed by atoms with van der Waals surface area (Å²) in [5, 5.41) is 5.18. The van der Waals surface area contributed by atoms with Crippen molar-refractivity contribution in [1.82, 2.24) is 10.3 Å². The van der Waals surface area contributed by atoms with Crippen molar-refractivity contribution in [2.45, 2.75) is 44.8 Å². The smallest absolute Gasteiger partial charge is 0.310 e. The number of fused-ring (bicyclic) bond motifs is 3. The lowest BCUT2D eigenvalue weighted by Gasteiger charge is -2.27. The first-order chi connectivity index (χ1) is 11.2. The molecule has 0 bridgehead atoms. The van der Waals surface area contributed by atoms with Crippen LogP contribution >= 0.6 is 11.6 Å². The third-order valence-electron chi connectivity index (χ3n) is 5.04. The lowest BCUT2D eigenvalue weighted by atomic mass is 9.89. The number of ether oxygens (including phenoxy) is 1. The van der Waals surface area contributed by atoms with Crippen LogP contribution in [0.25, 0.3) is 10.9 Å². The van der Waals surface area contributed by atoms with Crippen molar-refractivity contribution in [3.8, 4) is 0 Å². The van der Waals surface area contributed by atoms with Gasteiger partial charge in [-0.3, -0.25) is 10.1 Å². The molecule has 1 aromatic carbocycles. The van der Waals surface area contributed by atoms with E-state index in [9.17, 15) is 4.79 Å². The highest BCUT2D eigenvalue weighted by atomic mass is 35.5. The van der Waals surface area contributed by atoms with Gasteiger partial charge in [-0.25, -0.2) is 0 Å². The van der Waals surface area contributed by atoms with Crippen LogP contribution in [0, 0.1) is 5.92 Å². The minimum atomic E-state index is -0.376. The predicted octanol–water partition coefficient (Wildman–Crippen LogP) is 4.09. The molecular formula is C18H21ClN2O2. The van der Waals surface area contributed by atoms with Gasteiger partial charge in [0.2, 0.25) is 0 Å². The zero-order valence-corrected chi connectivity index (χ0v) is 13.8. The summed E-state index contributed by atoms with van der Waals surface area (Å²) in [5.74, 6) is 0.00138. The molecule has 1 aromatic heterocycles. The number of carbonyl (C=O) groups excluding carboxylic acids is 1. The van der Waals surface area contributed by atoms with Crippen LogP contribution < -0.4 is 5.32 Å². The van der Waals surface area contributed by atoms with E-state index < -0.39 is 0 Å². The van der Waals surface area contributed by atoms with Crippen LogP contribution in [0.5, 0.6) is 0 Å². The molecule has 0 saturated heterocycles. The quantitative estimate of drug-likeness (QED) is 0.814. The monoisotopic (exact) mass is 332 g/mol. The Hall–Kier alpha value is -1.52. The standard InChI is InChI=1S/C18H21ClN2O2/c19-12-6-7-15-14(10-12)13-8-9-20-17(16(13)21-15)23-18(22)11-4-2-1-3-5-11/h6-7,10-11,17,20-21H,1-5,8-9H2. The molecule has 1 fully saturated rings. The van der Waals surface area contributed by atoms with Crippen LogP contribution in [-0.4, -0.2) is 17.5 Å². The third-order valence-corrected chi connectivity index (χ3v) is 5.28. The normalized spacial score (nSPS) is 22.0. The van der Waals surface area contributed by atoms with Gasteiger partial charge in [0.05, 0.1) is 11.6 Å². The Morgan fingerprint density at radius 3 is 2.87 bits per heavy atom. The Balaban J connectivity index is 1.60. The Morgan fingerprint density at radius 1 is 1.22 bits per heavy atom. The van der Waals surface area contributed by atoms with Crippen LogP contribution in [0.1, 0.15) is 49.6 Å². The number of hydrogen-bond donors (Lipinski definition) is 2. The molecule has 1 aliphatic carbocycles. The minimum absolute atomic E-state index is 0.0632. The Bertz CT molecular complexity index is 734. The minimum Gasteiger partial charge on any atom is -0.440 e. The number of H-pyrrole nitrogens is 1. The molecule has 122 valence electrons. The molecule has 23 heavy (non-hydrogen) atoms. The van der Waals surface area contributed by atoms with Crippen LogP contribution in [0.3, 0.4) is 0 Å². The second kappa shape index (κ2) is 6.17. The van der Waals surface area contributed by atoms with E-state index in [4.69, 9.17) is 16.3 Å². The lowest BCUT2D eigenvalue weighted by Crippen LogP contribution is -2.35. The zero-order valence-electron chi connectivity index (χ0n) is 13.0. The van der Waals surface area contributed by atoms with Gasteiger partial charge in [0, 0.05) is 22.5 Å². The van der Waals surface area contributed by atoms with E-state index in [2.05, 4.69) is 10.3 Å². The maximum atomic E-state index is 12.4. The molecule has 1 atom stereocenters. The first kappa shape index (κ1) is 15.0. The maximum absolute atomic E-state index is 12.4. The summed E-state index contributed by atoms with van der Waals surface area (Å²) in [6, 6.07) is 5.84. The number of nitrogens with one attached hydrogen (secondary N) is 2. The lowest BCUT2D eigenvalue weighted by molar-refractivity contribution is -0.158. The highest BCUT2D eigenvalue weighted by Gasteiger charge is 2.30. The van der Waals surface area contributed by atoms with E-state index in [0.29, 0.717) is 0 Å². The summed E-state index contributed by atoms with van der Waals surface area (Å²) in [6.45, 7) is 0.801. The average molecular weight is 333 g/mol. The summed E-state index contributed by atoms with van der Waals surface area (Å²) in [6.07, 6.45) is 5.95. The molecule has 1 unspecified atom stereocenters. The van der Waals surface area contributed by atoms with E-state index in [0.717, 1.165) is 60.3 Å². The Kier molecular flexibility index (Phi) is 4.04. The third kappa shape index (κ3) is 2.86. The van der Waals surface area contributed by atoms with Gasteiger partial charge in [-0.1, -0.05) is 30.9 Å². The predicted molar refractivity (Wildman–Crippen MR) is 90.4 cm³/mol. The van der Waals surface area contributed by atoms with Gasteiger partial charge in [0.15, 0.2) is 6.23 Å². The topological polar surface area (TPSA) is 54.1 Å². The molecule has 0 radical (unpaired) electrons. The average Bonchev–Trinajstić information content (AvgIpc) is 2.95. The molecule has 2 N–H and O–H groups in total. The molecule has 2 aliphatic rings. The first-order valence-corrected chi connectivity index (χ1v) is 8.84. The van der Waals surface area contributed by atoms with Gasteiger partial charge in [-0.15, -0.1) is 0 Å². The first-order valence-electron chi connectivity index (χ1n) is 8.46. The molecule has 4 nitrogen and oxygen atoms in total. The van der Waals surface area contributed by atoms with Crippen molar-refractivity contribution >= 4 is 28.5 Å². The fourth-order valence-electron chi connectivity index (χ4n) is 3.82. The van der Waals surface area contributed by atoms with Gasteiger partial charge < -0.3 is 9.72 Å². The highest BCUT2D eigenvalue weighted by Crippen LogP contribution is 2.33. The van der Waals surface area contributed by atoms with Crippen LogP contribution in [0.2, 0.25) is 5.02 Å². The molecule has 2 heterocycles. The summed E-state index contributed by atoms with van der Waals surface area (Å²) in [5.41, 5.74) is 3.22. The van der Waals surface area contributed by atoms with E-state index in [1.807, 2.05) is 18.2 Å². The number of halogens is 1. The number of carbonyl (C=O) groups is 1. The van der Waals surface area contributed by atoms with Crippen molar-refractivity contribution in [3.63, 3.8) is 0 Å². The molecule has 1 aliphatic heterocycles. The molecular weight excluding hydrogens is 312 g/mol. The van der Waals surface area contributed by atoms with Gasteiger partial charge in [-0.2, -0.15) is 0 Å². The van der Waals surface area contributed by atoms with Crippen LogP contribution in [0.15, 0.2) is 18.2 Å². The zero-order chi connectivity index (χ0) is 15.8. The van der Waals surface area contributed by atoms with E-state index in [1.165, 1.54) is 12.0 Å². The maximum Gasteiger partial charge on any atom is 0.310 e. The molecule has 2 aromatic rings. The van der Waals surface area contributed by atoms with Gasteiger partial charge in [-0.05, 0) is 43.0 Å². The Morgan fingerprint density at radius 2 is 2.04 bits per heavy atom. The highest BCUT2D eigenvalue weighted by molar-refractivity contribution is 6.31. The summed E-state index contributed by atoms with van der Waals surface area (Å²) >= 11 is 6.13. The summed E-state index contributed by atoms with van der Waals surface area (Å²) < 4.78 is 5.80. The fraction of sp³-hybridized carbons (Fsp3) is 0.500. The van der Waals surface area contributed by atoms with Crippen molar-refractivity contribution < 1.29 is 9.53 Å². The van der Waals surface area contributed by atoms with Crippen LogP contribution in [0.4, 0.5) is 0 Å². The molecule has 4 rings (SSSR count). The number of benzene rings is 1. The number of hydrogen-bond acceptors (Lipinski definition) is 3. The molecule has 1 saturated carbocycles. The van der Waals surface area contributed by atoms with Crippen molar-refractivity contribution in [1.29, 1.82) is 0 Å². The van der Waals surface area contributed by atoms with E-state index in [-0.39, 0.29) is 18.1 Å². The van der Waals surface area contributed by atoms with Crippen molar-refractivity contribution in [2.75, 3.05) is 6.54 Å². The molecule has 0 spiro atoms. The largest absolute Gasteiger partial charge is 0.440 e. The summed E-state index contributed by atoms with van der Waals surface area (Å²) in [7, 11) is 0. The number of esters is 1. The fourth-order valence-corrected chi connectivity index (χ4v) is 3.99. The van der Waals surface area contributed by atoms with Gasteiger partial charge >= 0.3 is 5.97 Å². The second-order valence-electron chi connectivity index (χ2n) is 6.56. The second-order valence-corrected chi connectivity index (χ2v) is 7.00. The Labute approximate surface area is 140 Å². The van der Waals surface area contributed by atoms with Crippen molar-refractivity contribution in [2.24, 2.45) is 5.92 Å². The summed E-state index contributed by atoms with van der Waals surface area (Å²) in [4.78, 5) is 15.9. The van der Waals surface area contributed by atoms with Crippen molar-refractivity contribution in [3.05, 3.63) is 34.5 Å². The van der Waals surface area contributed by atoms with Crippen LogP contribution in [-0.2, 0) is 16.0 Å². The van der Waals surface area contributed by atoms with E-state index >= 15 is 0 Å². The number of rotatable bonds is 2. The molecule has 5 heteroatoms. The number of aromatic nitrogens is 1. The SMILES string of the molecule is O=C(OC1NCCc2c1[nH]c1ccc(Cl)cc21)C1CCCCC1. The van der Waals surface area contributed by atoms with E-state index in [1.54, 1.807) is 0 Å². The van der Waals surface area contributed by atoms with Gasteiger partial charge in [0.1, 0.15) is 0 Å².